The highest BCUT2D eigenvalue weighted by molar-refractivity contribution is 6.01. The van der Waals surface area contributed by atoms with Crippen molar-refractivity contribution in [1.82, 2.24) is 9.80 Å². The second kappa shape index (κ2) is 6.56. The summed E-state index contributed by atoms with van der Waals surface area (Å²) in [4.78, 5) is 29.2. The van der Waals surface area contributed by atoms with Crippen molar-refractivity contribution in [2.75, 3.05) is 20.1 Å². The van der Waals surface area contributed by atoms with Crippen LogP contribution in [-0.4, -0.2) is 47.8 Å². The van der Waals surface area contributed by atoms with E-state index in [0.29, 0.717) is 29.8 Å². The van der Waals surface area contributed by atoms with E-state index >= 15 is 0 Å². The summed E-state index contributed by atoms with van der Waals surface area (Å²) >= 11 is 0. The standard InChI is InChI=1S/C21H21FN2O2/c1-23-15-11-10-14(20(23)25)12-24(13-15)21(26)18-8-3-2-6-16(18)17-7-4-5-9-19(17)22/h2-9,14-15H,10-13H2,1H3. The quantitative estimate of drug-likeness (QED) is 0.833. The lowest BCUT2D eigenvalue weighted by Gasteiger charge is -2.32. The van der Waals surface area contributed by atoms with Crippen LogP contribution in [-0.2, 0) is 4.79 Å². The fourth-order valence-corrected chi connectivity index (χ4v) is 4.08. The topological polar surface area (TPSA) is 40.6 Å². The number of amides is 2. The molecule has 2 unspecified atom stereocenters. The number of piperidine rings is 1. The highest BCUT2D eigenvalue weighted by atomic mass is 19.1. The molecule has 134 valence electrons. The number of rotatable bonds is 2. The first-order valence-corrected chi connectivity index (χ1v) is 8.96. The molecular formula is C21H21FN2O2. The molecule has 0 spiro atoms. The van der Waals surface area contributed by atoms with E-state index in [4.69, 9.17) is 0 Å². The van der Waals surface area contributed by atoms with Gasteiger partial charge in [0.15, 0.2) is 0 Å². The number of hydrogen-bond acceptors (Lipinski definition) is 2. The second-order valence-corrected chi connectivity index (χ2v) is 7.11. The molecule has 2 aromatic rings. The highest BCUT2D eigenvalue weighted by Crippen LogP contribution is 2.31. The van der Waals surface area contributed by atoms with Crippen molar-refractivity contribution in [3.8, 4) is 11.1 Å². The van der Waals surface area contributed by atoms with Gasteiger partial charge < -0.3 is 9.80 Å². The molecule has 2 atom stereocenters. The number of halogens is 1. The summed E-state index contributed by atoms with van der Waals surface area (Å²) < 4.78 is 14.3. The van der Waals surface area contributed by atoms with Gasteiger partial charge in [-0.15, -0.1) is 0 Å². The van der Waals surface area contributed by atoms with Crippen LogP contribution in [0.1, 0.15) is 23.2 Å². The van der Waals surface area contributed by atoms with Crippen molar-refractivity contribution in [2.24, 2.45) is 5.92 Å². The van der Waals surface area contributed by atoms with Gasteiger partial charge in [0.1, 0.15) is 5.82 Å². The number of nitrogens with zero attached hydrogens (tertiary/aromatic N) is 2. The van der Waals surface area contributed by atoms with Crippen molar-refractivity contribution in [1.29, 1.82) is 0 Å². The number of fused-ring (bicyclic) bond motifs is 4. The van der Waals surface area contributed by atoms with Gasteiger partial charge in [-0.05, 0) is 30.5 Å². The summed E-state index contributed by atoms with van der Waals surface area (Å²) in [5.41, 5.74) is 1.49. The van der Waals surface area contributed by atoms with Gasteiger partial charge >= 0.3 is 0 Å². The fourth-order valence-electron chi connectivity index (χ4n) is 4.08. The summed E-state index contributed by atoms with van der Waals surface area (Å²) in [7, 11) is 1.82. The Morgan fingerprint density at radius 3 is 2.46 bits per heavy atom. The summed E-state index contributed by atoms with van der Waals surface area (Å²) in [5.74, 6) is -0.496. The molecule has 3 saturated heterocycles. The second-order valence-electron chi connectivity index (χ2n) is 7.11. The van der Waals surface area contributed by atoms with E-state index in [2.05, 4.69) is 0 Å². The van der Waals surface area contributed by atoms with Crippen LogP contribution in [0.4, 0.5) is 4.39 Å². The van der Waals surface area contributed by atoms with Crippen LogP contribution in [0.5, 0.6) is 0 Å². The number of carbonyl (C=O) groups excluding carboxylic acids is 2. The molecule has 3 aliphatic rings. The Balaban J connectivity index is 1.70. The third-order valence-corrected chi connectivity index (χ3v) is 5.57. The Bertz CT molecular complexity index is 867. The van der Waals surface area contributed by atoms with Gasteiger partial charge in [-0.1, -0.05) is 36.4 Å². The zero-order chi connectivity index (χ0) is 18.3. The first kappa shape index (κ1) is 16.8. The molecule has 3 aliphatic heterocycles. The molecule has 0 aromatic heterocycles. The molecule has 5 rings (SSSR count). The van der Waals surface area contributed by atoms with Crippen LogP contribution in [0, 0.1) is 11.7 Å². The average Bonchev–Trinajstić information content (AvgIpc) is 2.95. The van der Waals surface area contributed by atoms with Crippen molar-refractivity contribution in [3.63, 3.8) is 0 Å². The van der Waals surface area contributed by atoms with Crippen LogP contribution >= 0.6 is 0 Å². The van der Waals surface area contributed by atoms with E-state index in [-0.39, 0.29) is 29.6 Å². The predicted octanol–water partition coefficient (Wildman–Crippen LogP) is 3.19. The predicted molar refractivity (Wildman–Crippen MR) is 97.0 cm³/mol. The van der Waals surface area contributed by atoms with E-state index in [1.54, 1.807) is 46.2 Å². The minimum Gasteiger partial charge on any atom is -0.341 e. The maximum absolute atomic E-state index is 14.3. The zero-order valence-corrected chi connectivity index (χ0v) is 14.7. The van der Waals surface area contributed by atoms with E-state index in [0.717, 1.165) is 12.8 Å². The third kappa shape index (κ3) is 2.77. The summed E-state index contributed by atoms with van der Waals surface area (Å²) in [6, 6.07) is 13.7. The molecule has 5 heteroatoms. The summed E-state index contributed by atoms with van der Waals surface area (Å²) in [6.07, 6.45) is 1.75. The van der Waals surface area contributed by atoms with Crippen molar-refractivity contribution in [2.45, 2.75) is 18.9 Å². The minimum atomic E-state index is -0.349. The lowest BCUT2D eigenvalue weighted by molar-refractivity contribution is -0.138. The summed E-state index contributed by atoms with van der Waals surface area (Å²) in [5, 5.41) is 0. The third-order valence-electron chi connectivity index (χ3n) is 5.57. The average molecular weight is 352 g/mol. The molecule has 0 N–H and O–H groups in total. The van der Waals surface area contributed by atoms with Crippen molar-refractivity contribution in [3.05, 3.63) is 59.9 Å². The first-order chi connectivity index (χ1) is 12.6. The minimum absolute atomic E-state index is 0.0609. The fraction of sp³-hybridized carbons (Fsp3) is 0.333. The van der Waals surface area contributed by atoms with Gasteiger partial charge in [0.25, 0.3) is 5.91 Å². The molecule has 3 heterocycles. The maximum atomic E-state index is 14.3. The molecule has 4 nitrogen and oxygen atoms in total. The number of benzene rings is 2. The Morgan fingerprint density at radius 1 is 1.00 bits per heavy atom. The van der Waals surface area contributed by atoms with Gasteiger partial charge in [0.2, 0.25) is 5.91 Å². The number of carbonyl (C=O) groups is 2. The molecule has 0 saturated carbocycles. The van der Waals surface area contributed by atoms with Crippen LogP contribution in [0.3, 0.4) is 0 Å². The van der Waals surface area contributed by atoms with E-state index in [1.165, 1.54) is 6.07 Å². The molecule has 2 aromatic carbocycles. The zero-order valence-electron chi connectivity index (χ0n) is 14.7. The SMILES string of the molecule is CN1C(=O)C2CCC1CN(C(=O)c1ccccc1-c1ccccc1F)C2. The van der Waals surface area contributed by atoms with Crippen molar-refractivity contribution < 1.29 is 14.0 Å². The highest BCUT2D eigenvalue weighted by Gasteiger charge is 2.40. The van der Waals surface area contributed by atoms with Crippen LogP contribution in [0.25, 0.3) is 11.1 Å². The Labute approximate surface area is 152 Å². The molecule has 26 heavy (non-hydrogen) atoms. The van der Waals surface area contributed by atoms with Gasteiger partial charge in [0.05, 0.1) is 5.92 Å². The maximum Gasteiger partial charge on any atom is 0.254 e. The molecular weight excluding hydrogens is 331 g/mol. The Kier molecular flexibility index (Phi) is 4.23. The van der Waals surface area contributed by atoms with Gasteiger partial charge in [0, 0.05) is 37.3 Å². The number of hydrogen-bond donors (Lipinski definition) is 0. The van der Waals surface area contributed by atoms with Gasteiger partial charge in [-0.3, -0.25) is 9.59 Å². The van der Waals surface area contributed by atoms with Crippen LogP contribution in [0.2, 0.25) is 0 Å². The lowest BCUT2D eigenvalue weighted by Crippen LogP contribution is -2.45. The largest absolute Gasteiger partial charge is 0.341 e. The molecule has 3 fully saturated rings. The van der Waals surface area contributed by atoms with Crippen molar-refractivity contribution >= 4 is 11.8 Å². The van der Waals surface area contributed by atoms with E-state index < -0.39 is 0 Å². The Morgan fingerprint density at radius 2 is 1.69 bits per heavy atom. The Hall–Kier alpha value is -2.69. The lowest BCUT2D eigenvalue weighted by atomic mass is 9.95. The molecule has 0 aliphatic carbocycles. The van der Waals surface area contributed by atoms with Crippen LogP contribution in [0.15, 0.2) is 48.5 Å². The monoisotopic (exact) mass is 352 g/mol. The summed E-state index contributed by atoms with van der Waals surface area (Å²) in [6.45, 7) is 0.966. The molecule has 0 radical (unpaired) electrons. The molecule has 2 amide bonds. The number of likely N-dealkylation sites (N-methyl/N-ethyl adjacent to an activating group) is 1. The van der Waals surface area contributed by atoms with E-state index in [9.17, 15) is 14.0 Å². The van der Waals surface area contributed by atoms with E-state index in [1.807, 2.05) is 13.1 Å². The van der Waals surface area contributed by atoms with Crippen LogP contribution < -0.4 is 0 Å². The first-order valence-electron chi connectivity index (χ1n) is 8.96. The smallest absolute Gasteiger partial charge is 0.254 e. The molecule has 2 bridgehead atoms. The normalized spacial score (nSPS) is 22.5. The van der Waals surface area contributed by atoms with Gasteiger partial charge in [-0.25, -0.2) is 4.39 Å². The van der Waals surface area contributed by atoms with Gasteiger partial charge in [-0.2, -0.15) is 0 Å².